The number of carbonyl (C=O) groups is 2. The molecule has 9 heteroatoms. The maximum atomic E-state index is 12.7. The van der Waals surface area contributed by atoms with Crippen LogP contribution in [0, 0.1) is 0 Å². The summed E-state index contributed by atoms with van der Waals surface area (Å²) in [6, 6.07) is 8.19. The van der Waals surface area contributed by atoms with Gasteiger partial charge in [0.25, 0.3) is 11.5 Å². The molecule has 0 atom stereocenters. The fraction of sp³-hybridized carbons (Fsp3) is 0.350. The van der Waals surface area contributed by atoms with Crippen molar-refractivity contribution < 1.29 is 18.8 Å². The van der Waals surface area contributed by atoms with Crippen LogP contribution in [0.15, 0.2) is 45.9 Å². The maximum absolute atomic E-state index is 12.7. The molecule has 1 aromatic carbocycles. The molecular weight excluding hydrogens is 376 g/mol. The zero-order valence-corrected chi connectivity index (χ0v) is 16.1. The summed E-state index contributed by atoms with van der Waals surface area (Å²) in [5, 5.41) is 11.0. The number of esters is 1. The van der Waals surface area contributed by atoms with E-state index < -0.39 is 18.5 Å². The van der Waals surface area contributed by atoms with Crippen molar-refractivity contribution in [2.24, 2.45) is 0 Å². The average molecular weight is 398 g/mol. The molecule has 3 aromatic rings. The molecule has 0 saturated heterocycles. The number of carbonyl (C=O) groups excluding carboxylic acids is 2. The van der Waals surface area contributed by atoms with E-state index >= 15 is 0 Å². The highest BCUT2D eigenvalue weighted by molar-refractivity contribution is 6.03. The van der Waals surface area contributed by atoms with E-state index in [1.807, 2.05) is 0 Å². The first-order valence-electron chi connectivity index (χ1n) is 9.47. The highest BCUT2D eigenvalue weighted by Crippen LogP contribution is 2.15. The number of rotatable bonds is 9. The van der Waals surface area contributed by atoms with E-state index in [0.29, 0.717) is 17.3 Å². The predicted molar refractivity (Wildman–Crippen MR) is 106 cm³/mol. The van der Waals surface area contributed by atoms with Crippen molar-refractivity contribution in [3.63, 3.8) is 0 Å². The van der Waals surface area contributed by atoms with Crippen molar-refractivity contribution in [1.82, 2.24) is 14.9 Å². The summed E-state index contributed by atoms with van der Waals surface area (Å²) in [5.41, 5.74) is -0.248. The third-order valence-corrected chi connectivity index (χ3v) is 4.32. The van der Waals surface area contributed by atoms with E-state index in [4.69, 9.17) is 4.74 Å². The largest absolute Gasteiger partial charge is 0.451 e. The Bertz CT molecular complexity index is 1040. The van der Waals surface area contributed by atoms with Crippen LogP contribution in [0.2, 0.25) is 0 Å². The third kappa shape index (κ3) is 5.07. The van der Waals surface area contributed by atoms with Gasteiger partial charge in [0.15, 0.2) is 18.1 Å². The molecule has 152 valence electrons. The molecule has 29 heavy (non-hydrogen) atoms. The van der Waals surface area contributed by atoms with Gasteiger partial charge in [-0.15, -0.1) is 0 Å². The number of hydrogen-bond acceptors (Lipinski definition) is 7. The van der Waals surface area contributed by atoms with Crippen LogP contribution in [0.5, 0.6) is 0 Å². The Hall–Kier alpha value is -3.49. The van der Waals surface area contributed by atoms with E-state index in [-0.39, 0.29) is 17.1 Å². The number of aryl methyl sites for hydroxylation is 1. The SMILES string of the molecule is CCCCCCn1nc(C(=O)OCC(=O)Nc2ccon2)c2ccccc2c1=O. The summed E-state index contributed by atoms with van der Waals surface area (Å²) < 4.78 is 11.0. The summed E-state index contributed by atoms with van der Waals surface area (Å²) in [4.78, 5) is 37.2. The minimum absolute atomic E-state index is 0.00456. The van der Waals surface area contributed by atoms with E-state index in [2.05, 4.69) is 27.0 Å². The van der Waals surface area contributed by atoms with Gasteiger partial charge >= 0.3 is 5.97 Å². The number of unbranched alkanes of at least 4 members (excludes halogenated alkanes) is 3. The standard InChI is InChI=1S/C20H22N4O5/c1-2-3-4-7-11-24-19(26)15-9-6-5-8-14(15)18(22-24)20(27)28-13-17(25)21-16-10-12-29-23-16/h5-6,8-10,12H,2-4,7,11,13H2,1H3,(H,21,23,25). The number of ether oxygens (including phenoxy) is 1. The first-order valence-corrected chi connectivity index (χ1v) is 9.47. The molecule has 1 amide bonds. The second-order valence-corrected chi connectivity index (χ2v) is 6.49. The van der Waals surface area contributed by atoms with E-state index in [9.17, 15) is 14.4 Å². The quantitative estimate of drug-likeness (QED) is 0.435. The lowest BCUT2D eigenvalue weighted by atomic mass is 10.1. The monoisotopic (exact) mass is 398 g/mol. The topological polar surface area (TPSA) is 116 Å². The van der Waals surface area contributed by atoms with Crippen LogP contribution in [0.4, 0.5) is 5.82 Å². The van der Waals surface area contributed by atoms with Gasteiger partial charge in [-0.2, -0.15) is 5.10 Å². The summed E-state index contributed by atoms with van der Waals surface area (Å²) in [7, 11) is 0. The van der Waals surface area contributed by atoms with Crippen molar-refractivity contribution in [3.05, 3.63) is 52.6 Å². The lowest BCUT2D eigenvalue weighted by Crippen LogP contribution is -2.28. The molecule has 0 bridgehead atoms. The number of anilines is 1. The van der Waals surface area contributed by atoms with Crippen molar-refractivity contribution in [3.8, 4) is 0 Å². The van der Waals surface area contributed by atoms with Gasteiger partial charge in [0.2, 0.25) is 0 Å². The van der Waals surface area contributed by atoms with Gasteiger partial charge in [0.1, 0.15) is 6.26 Å². The van der Waals surface area contributed by atoms with Crippen molar-refractivity contribution >= 4 is 28.5 Å². The molecule has 0 fully saturated rings. The van der Waals surface area contributed by atoms with Crippen molar-refractivity contribution in [2.45, 2.75) is 39.2 Å². The smallest absolute Gasteiger partial charge is 0.359 e. The molecule has 0 aliphatic carbocycles. The molecule has 3 rings (SSSR count). The number of benzene rings is 1. The first kappa shape index (κ1) is 20.2. The Kier molecular flexibility index (Phi) is 6.72. The highest BCUT2D eigenvalue weighted by Gasteiger charge is 2.19. The Morgan fingerprint density at radius 2 is 1.93 bits per heavy atom. The Labute approximate surface area is 166 Å². The second-order valence-electron chi connectivity index (χ2n) is 6.49. The molecule has 9 nitrogen and oxygen atoms in total. The van der Waals surface area contributed by atoms with Gasteiger partial charge in [-0.1, -0.05) is 49.5 Å². The average Bonchev–Trinajstić information content (AvgIpc) is 3.24. The number of hydrogen-bond donors (Lipinski definition) is 1. The first-order chi connectivity index (χ1) is 14.1. The van der Waals surface area contributed by atoms with Gasteiger partial charge in [-0.3, -0.25) is 9.59 Å². The van der Waals surface area contributed by atoms with E-state index in [1.165, 1.54) is 17.0 Å². The molecule has 1 N–H and O–H groups in total. The van der Waals surface area contributed by atoms with Crippen LogP contribution in [0.25, 0.3) is 10.8 Å². The maximum Gasteiger partial charge on any atom is 0.359 e. The third-order valence-electron chi connectivity index (χ3n) is 4.32. The molecule has 2 aromatic heterocycles. The number of aromatic nitrogens is 3. The van der Waals surface area contributed by atoms with Crippen LogP contribution in [0.1, 0.15) is 43.1 Å². The van der Waals surface area contributed by atoms with Crippen LogP contribution in [-0.4, -0.2) is 33.4 Å². The predicted octanol–water partition coefficient (Wildman–Crippen LogP) is 2.76. The highest BCUT2D eigenvalue weighted by atomic mass is 16.5. The summed E-state index contributed by atoms with van der Waals surface area (Å²) in [6.45, 7) is 2.00. The fourth-order valence-electron chi connectivity index (χ4n) is 2.88. The van der Waals surface area contributed by atoms with E-state index in [1.54, 1.807) is 24.3 Å². The summed E-state index contributed by atoms with van der Waals surface area (Å²) in [6.07, 6.45) is 5.21. The van der Waals surface area contributed by atoms with Crippen LogP contribution in [0.3, 0.4) is 0 Å². The zero-order chi connectivity index (χ0) is 20.6. The van der Waals surface area contributed by atoms with Crippen molar-refractivity contribution in [2.75, 3.05) is 11.9 Å². The number of amides is 1. The summed E-state index contributed by atoms with van der Waals surface area (Å²) >= 11 is 0. The Balaban J connectivity index is 1.77. The van der Waals surface area contributed by atoms with Gasteiger partial charge in [-0.05, 0) is 12.5 Å². The van der Waals surface area contributed by atoms with Gasteiger partial charge in [0.05, 0.1) is 5.39 Å². The molecule has 2 heterocycles. The second kappa shape index (κ2) is 9.63. The van der Waals surface area contributed by atoms with Crippen LogP contribution >= 0.6 is 0 Å². The van der Waals surface area contributed by atoms with Crippen LogP contribution in [-0.2, 0) is 16.1 Å². The lowest BCUT2D eigenvalue weighted by Gasteiger charge is -2.11. The van der Waals surface area contributed by atoms with Gasteiger partial charge in [-0.25, -0.2) is 9.48 Å². The van der Waals surface area contributed by atoms with Gasteiger partial charge in [0, 0.05) is 18.0 Å². The minimum atomic E-state index is -0.779. The van der Waals surface area contributed by atoms with Crippen molar-refractivity contribution in [1.29, 1.82) is 0 Å². The molecular formula is C20H22N4O5. The lowest BCUT2D eigenvalue weighted by molar-refractivity contribution is -0.119. The number of nitrogens with zero attached hydrogens (tertiary/aromatic N) is 3. The Morgan fingerprint density at radius 1 is 1.14 bits per heavy atom. The number of nitrogens with one attached hydrogen (secondary N) is 1. The fourth-order valence-corrected chi connectivity index (χ4v) is 2.88. The van der Waals surface area contributed by atoms with Crippen LogP contribution < -0.4 is 10.9 Å². The summed E-state index contributed by atoms with van der Waals surface area (Å²) in [5.74, 6) is -1.13. The minimum Gasteiger partial charge on any atom is -0.451 e. The Morgan fingerprint density at radius 3 is 2.66 bits per heavy atom. The molecule has 0 radical (unpaired) electrons. The molecule has 0 unspecified atom stereocenters. The zero-order valence-electron chi connectivity index (χ0n) is 16.1. The van der Waals surface area contributed by atoms with E-state index in [0.717, 1.165) is 25.7 Å². The normalized spacial score (nSPS) is 10.8. The number of fused-ring (bicyclic) bond motifs is 1. The molecule has 0 saturated carbocycles. The molecule has 0 aliphatic rings. The molecule has 0 spiro atoms. The molecule has 0 aliphatic heterocycles. The van der Waals surface area contributed by atoms with Gasteiger partial charge < -0.3 is 14.6 Å².